The maximum absolute atomic E-state index is 12.0. The number of hydrogen-bond acceptors (Lipinski definition) is 0. The van der Waals surface area contributed by atoms with Crippen molar-refractivity contribution in [3.05, 3.63) is 34.8 Å². The van der Waals surface area contributed by atoms with Crippen molar-refractivity contribution in [1.82, 2.24) is 0 Å². The third-order valence-corrected chi connectivity index (χ3v) is 1.32. The van der Waals surface area contributed by atoms with Gasteiger partial charge in [-0.15, -0.1) is 0 Å². The lowest BCUT2D eigenvalue weighted by molar-refractivity contribution is -0.0887. The van der Waals surface area contributed by atoms with Gasteiger partial charge in [0.2, 0.25) is 0 Å². The molecule has 58 valence electrons. The summed E-state index contributed by atoms with van der Waals surface area (Å²) in [5.74, 6) is 0. The Hall–Kier alpha value is -1.17. The van der Waals surface area contributed by atoms with Crippen LogP contribution in [-0.2, 0) is 0 Å². The van der Waals surface area contributed by atoms with Crippen molar-refractivity contribution in [1.29, 1.82) is 0 Å². The fraction of sp³-hybridized carbons (Fsp3) is 0.250. The second kappa shape index (κ2) is 2.46. The number of halogens is 3. The molecule has 0 saturated heterocycles. The lowest BCUT2D eigenvalue weighted by Crippen LogP contribution is -2.11. The molecule has 11 heavy (non-hydrogen) atoms. The maximum atomic E-state index is 12.0. The minimum Gasteiger partial charge on any atom is -0.166 e. The van der Waals surface area contributed by atoms with Gasteiger partial charge in [-0.3, -0.25) is 0 Å². The van der Waals surface area contributed by atoms with E-state index < -0.39 is 11.7 Å². The molecule has 1 aliphatic rings. The van der Waals surface area contributed by atoms with E-state index >= 15 is 0 Å². The van der Waals surface area contributed by atoms with Crippen LogP contribution in [0.4, 0.5) is 13.2 Å². The first-order valence-electron chi connectivity index (χ1n) is 2.97. The Bertz CT molecular complexity index is 292. The molecule has 0 amide bonds. The Morgan fingerprint density at radius 3 is 2.09 bits per heavy atom. The molecule has 0 aromatic carbocycles. The molecule has 0 saturated carbocycles. The normalized spacial score (nSPS) is 16.4. The van der Waals surface area contributed by atoms with Gasteiger partial charge in [-0.1, -0.05) is 11.5 Å². The first-order chi connectivity index (χ1) is 5.02. The summed E-state index contributed by atoms with van der Waals surface area (Å²) in [6.07, 6.45) is -2.10. The van der Waals surface area contributed by atoms with Crippen LogP contribution in [0, 0.1) is 0 Å². The van der Waals surface area contributed by atoms with Crippen molar-refractivity contribution in [3.63, 3.8) is 0 Å². The van der Waals surface area contributed by atoms with Gasteiger partial charge in [0.15, 0.2) is 0 Å². The number of rotatable bonds is 0. The van der Waals surface area contributed by atoms with E-state index in [1.807, 2.05) is 0 Å². The second-order valence-corrected chi connectivity index (χ2v) is 2.17. The van der Waals surface area contributed by atoms with Gasteiger partial charge in [0.25, 0.3) is 0 Å². The average molecular weight is 158 g/mol. The quantitative estimate of drug-likeness (QED) is 0.475. The van der Waals surface area contributed by atoms with Gasteiger partial charge < -0.3 is 0 Å². The van der Waals surface area contributed by atoms with Gasteiger partial charge in [-0.05, 0) is 18.6 Å². The number of allylic oxidation sites excluding steroid dienone is 4. The standard InChI is InChI=1S/C8H5F3/c1-6-4-2-3-5-7(6)8(9,10)11/h4-5H,1H3. The predicted molar refractivity (Wildman–Crippen MR) is 34.9 cm³/mol. The summed E-state index contributed by atoms with van der Waals surface area (Å²) in [7, 11) is 0. The van der Waals surface area contributed by atoms with Crippen molar-refractivity contribution in [3.8, 4) is 0 Å². The first-order valence-corrected chi connectivity index (χ1v) is 2.97. The van der Waals surface area contributed by atoms with Crippen molar-refractivity contribution in [2.24, 2.45) is 0 Å². The largest absolute Gasteiger partial charge is 0.417 e. The van der Waals surface area contributed by atoms with E-state index in [1.165, 1.54) is 13.0 Å². The molecule has 1 aliphatic carbocycles. The molecule has 0 N–H and O–H groups in total. The maximum Gasteiger partial charge on any atom is 0.417 e. The Morgan fingerprint density at radius 2 is 1.73 bits per heavy atom. The topological polar surface area (TPSA) is 0 Å². The highest BCUT2D eigenvalue weighted by Gasteiger charge is 2.33. The lowest BCUT2D eigenvalue weighted by atomic mass is 10.1. The van der Waals surface area contributed by atoms with Crippen LogP contribution in [0.1, 0.15) is 6.92 Å². The zero-order valence-corrected chi connectivity index (χ0v) is 5.79. The highest BCUT2D eigenvalue weighted by molar-refractivity contribution is 5.37. The molecule has 0 aromatic rings. The van der Waals surface area contributed by atoms with Crippen LogP contribution in [0.25, 0.3) is 0 Å². The fourth-order valence-electron chi connectivity index (χ4n) is 0.761. The summed E-state index contributed by atoms with van der Waals surface area (Å²) in [6.45, 7) is 1.40. The Morgan fingerprint density at radius 1 is 1.18 bits per heavy atom. The second-order valence-electron chi connectivity index (χ2n) is 2.17. The van der Waals surface area contributed by atoms with Crippen LogP contribution < -0.4 is 0 Å². The molecule has 0 spiro atoms. The molecular weight excluding hydrogens is 153 g/mol. The summed E-state index contributed by atoms with van der Waals surface area (Å²) >= 11 is 0. The Kier molecular flexibility index (Phi) is 1.77. The minimum absolute atomic E-state index is 0.177. The van der Waals surface area contributed by atoms with E-state index in [0.29, 0.717) is 0 Å². The van der Waals surface area contributed by atoms with Crippen molar-refractivity contribution < 1.29 is 13.2 Å². The third kappa shape index (κ3) is 1.64. The molecule has 3 heteroatoms. The summed E-state index contributed by atoms with van der Waals surface area (Å²) in [4.78, 5) is 0. The van der Waals surface area contributed by atoms with Crippen molar-refractivity contribution in [2.75, 3.05) is 0 Å². The van der Waals surface area contributed by atoms with Crippen molar-refractivity contribution in [2.45, 2.75) is 13.1 Å². The molecule has 0 radical (unpaired) electrons. The summed E-state index contributed by atoms with van der Waals surface area (Å²) in [6, 6.07) is 0. The predicted octanol–water partition coefficient (Wildman–Crippen LogP) is 2.75. The van der Waals surface area contributed by atoms with Gasteiger partial charge in [-0.2, -0.15) is 13.2 Å². The van der Waals surface area contributed by atoms with Gasteiger partial charge in [0.1, 0.15) is 0 Å². The van der Waals surface area contributed by atoms with Crippen LogP contribution in [-0.4, -0.2) is 6.18 Å². The fourth-order valence-corrected chi connectivity index (χ4v) is 0.761. The summed E-state index contributed by atoms with van der Waals surface area (Å²) in [5, 5.41) is 0. The van der Waals surface area contributed by atoms with E-state index in [2.05, 4.69) is 11.5 Å². The Labute approximate surface area is 62.0 Å². The smallest absolute Gasteiger partial charge is 0.166 e. The Balaban J connectivity index is 3.10. The average Bonchev–Trinajstić information content (AvgIpc) is 1.86. The van der Waals surface area contributed by atoms with Crippen LogP contribution >= 0.6 is 0 Å². The number of hydrogen-bond donors (Lipinski definition) is 0. The van der Waals surface area contributed by atoms with Gasteiger partial charge in [0.05, 0.1) is 5.57 Å². The number of alkyl halides is 3. The van der Waals surface area contributed by atoms with Crippen molar-refractivity contribution >= 4 is 0 Å². The van der Waals surface area contributed by atoms with E-state index in [-0.39, 0.29) is 5.57 Å². The van der Waals surface area contributed by atoms with E-state index in [4.69, 9.17) is 0 Å². The van der Waals surface area contributed by atoms with E-state index in [0.717, 1.165) is 6.08 Å². The zero-order valence-electron chi connectivity index (χ0n) is 5.79. The van der Waals surface area contributed by atoms with Crippen LogP contribution in [0.5, 0.6) is 0 Å². The monoisotopic (exact) mass is 158 g/mol. The van der Waals surface area contributed by atoms with Crippen LogP contribution in [0.15, 0.2) is 34.8 Å². The molecule has 0 bridgehead atoms. The van der Waals surface area contributed by atoms with Gasteiger partial charge in [-0.25, -0.2) is 0 Å². The molecule has 0 aliphatic heterocycles. The minimum atomic E-state index is -4.27. The van der Waals surface area contributed by atoms with E-state index in [9.17, 15) is 13.2 Å². The highest BCUT2D eigenvalue weighted by Crippen LogP contribution is 2.29. The molecule has 0 nitrogen and oxygen atoms in total. The SMILES string of the molecule is CC1=C(C(F)(F)F)C=C=C=C1. The molecule has 1 rings (SSSR count). The molecule has 0 fully saturated rings. The van der Waals surface area contributed by atoms with Crippen LogP contribution in [0.2, 0.25) is 0 Å². The lowest BCUT2D eigenvalue weighted by Gasteiger charge is -2.09. The summed E-state index contributed by atoms with van der Waals surface area (Å²) < 4.78 is 36.0. The highest BCUT2D eigenvalue weighted by atomic mass is 19.4. The zero-order chi connectivity index (χ0) is 8.48. The first kappa shape index (κ1) is 7.93. The van der Waals surface area contributed by atoms with Gasteiger partial charge >= 0.3 is 6.18 Å². The molecule has 0 atom stereocenters. The molecule has 0 aromatic heterocycles. The molecule has 0 heterocycles. The van der Waals surface area contributed by atoms with E-state index in [1.54, 1.807) is 0 Å². The van der Waals surface area contributed by atoms with Crippen LogP contribution in [0.3, 0.4) is 0 Å². The third-order valence-electron chi connectivity index (χ3n) is 1.32. The summed E-state index contributed by atoms with van der Waals surface area (Å²) in [5.41, 5.74) is 4.25. The molecule has 0 unspecified atom stereocenters. The van der Waals surface area contributed by atoms with Gasteiger partial charge in [0, 0.05) is 6.08 Å². The molecular formula is C8H5F3.